The highest BCUT2D eigenvalue weighted by Gasteiger charge is 2.03. The highest BCUT2D eigenvalue weighted by atomic mass is 32.2. The molecule has 2 heterocycles. The second-order valence-corrected chi connectivity index (χ2v) is 4.35. The summed E-state index contributed by atoms with van der Waals surface area (Å²) in [7, 11) is 0. The van der Waals surface area contributed by atoms with Crippen molar-refractivity contribution in [1.29, 1.82) is 0 Å². The van der Waals surface area contributed by atoms with Gasteiger partial charge < -0.3 is 4.98 Å². The summed E-state index contributed by atoms with van der Waals surface area (Å²) in [6.07, 6.45) is 1.98. The van der Waals surface area contributed by atoms with Crippen LogP contribution in [0.3, 0.4) is 0 Å². The van der Waals surface area contributed by atoms with Crippen LogP contribution in [-0.4, -0.2) is 16.2 Å². The highest BCUT2D eigenvalue weighted by Crippen LogP contribution is 2.14. The molecule has 0 saturated carbocycles. The Morgan fingerprint density at radius 2 is 2.54 bits per heavy atom. The van der Waals surface area contributed by atoms with E-state index in [1.807, 2.05) is 11.6 Å². The third-order valence-corrected chi connectivity index (χ3v) is 3.03. The number of hydrogen-bond acceptors (Lipinski definition) is 4. The first-order valence-electron chi connectivity index (χ1n) is 3.76. The third kappa shape index (κ3) is 1.62. The molecule has 0 radical (unpaired) electrons. The molecular weight excluding hydrogens is 204 g/mol. The topological polar surface area (TPSA) is 45.8 Å². The number of aromatic amines is 1. The SMILES string of the molecule is CSCc1nc2sccc2c(=O)[nH]1. The van der Waals surface area contributed by atoms with Crippen LogP contribution < -0.4 is 5.56 Å². The van der Waals surface area contributed by atoms with E-state index >= 15 is 0 Å². The van der Waals surface area contributed by atoms with Gasteiger partial charge in [0.25, 0.3) is 5.56 Å². The van der Waals surface area contributed by atoms with Crippen LogP contribution in [-0.2, 0) is 5.75 Å². The maximum atomic E-state index is 11.4. The van der Waals surface area contributed by atoms with Gasteiger partial charge in [0.2, 0.25) is 0 Å². The van der Waals surface area contributed by atoms with E-state index in [9.17, 15) is 4.79 Å². The Kier molecular flexibility index (Phi) is 2.37. The molecule has 0 fully saturated rings. The number of nitrogens with zero attached hydrogens (tertiary/aromatic N) is 1. The zero-order valence-electron chi connectivity index (χ0n) is 7.03. The van der Waals surface area contributed by atoms with Crippen LogP contribution in [0.5, 0.6) is 0 Å². The van der Waals surface area contributed by atoms with Gasteiger partial charge in [0.1, 0.15) is 10.7 Å². The molecule has 2 aromatic heterocycles. The van der Waals surface area contributed by atoms with Gasteiger partial charge in [-0.3, -0.25) is 4.79 Å². The maximum Gasteiger partial charge on any atom is 0.259 e. The first-order valence-corrected chi connectivity index (χ1v) is 6.04. The average Bonchev–Trinajstić information content (AvgIpc) is 2.53. The second kappa shape index (κ2) is 3.51. The van der Waals surface area contributed by atoms with Crippen LogP contribution in [0.2, 0.25) is 0 Å². The van der Waals surface area contributed by atoms with Crippen LogP contribution >= 0.6 is 23.1 Å². The van der Waals surface area contributed by atoms with Crippen molar-refractivity contribution in [1.82, 2.24) is 9.97 Å². The fourth-order valence-corrected chi connectivity index (χ4v) is 2.31. The van der Waals surface area contributed by atoms with E-state index in [0.29, 0.717) is 5.39 Å². The van der Waals surface area contributed by atoms with Crippen molar-refractivity contribution >= 4 is 33.3 Å². The van der Waals surface area contributed by atoms with Crippen molar-refractivity contribution < 1.29 is 0 Å². The molecule has 2 aromatic rings. The van der Waals surface area contributed by atoms with Crippen molar-refractivity contribution in [2.75, 3.05) is 6.26 Å². The lowest BCUT2D eigenvalue weighted by Gasteiger charge is -1.96. The van der Waals surface area contributed by atoms with Crippen LogP contribution in [0.25, 0.3) is 10.2 Å². The van der Waals surface area contributed by atoms with E-state index < -0.39 is 0 Å². The van der Waals surface area contributed by atoms with Crippen LogP contribution in [0, 0.1) is 0 Å². The molecule has 5 heteroatoms. The predicted octanol–water partition coefficient (Wildman–Crippen LogP) is 1.85. The van der Waals surface area contributed by atoms with Crippen molar-refractivity contribution in [3.05, 3.63) is 27.6 Å². The van der Waals surface area contributed by atoms with Crippen molar-refractivity contribution in [2.45, 2.75) is 5.75 Å². The Hall–Kier alpha value is -0.810. The number of fused-ring (bicyclic) bond motifs is 1. The molecule has 0 bridgehead atoms. The Balaban J connectivity index is 2.63. The molecule has 0 unspecified atom stereocenters. The predicted molar refractivity (Wildman–Crippen MR) is 57.5 cm³/mol. The standard InChI is InChI=1S/C8H8N2OS2/c1-12-4-6-9-7(11)5-2-3-13-8(5)10-6/h2-3H,4H2,1H3,(H,9,10,11). The molecule has 0 atom stereocenters. The van der Waals surface area contributed by atoms with E-state index in [1.54, 1.807) is 17.8 Å². The summed E-state index contributed by atoms with van der Waals surface area (Å²) in [6.45, 7) is 0. The van der Waals surface area contributed by atoms with Crippen LogP contribution in [0.1, 0.15) is 5.82 Å². The molecular formula is C8H8N2OS2. The summed E-state index contributed by atoms with van der Waals surface area (Å²) in [5.41, 5.74) is -0.0321. The summed E-state index contributed by atoms with van der Waals surface area (Å²) in [5.74, 6) is 1.51. The Morgan fingerprint density at radius 3 is 3.31 bits per heavy atom. The summed E-state index contributed by atoms with van der Waals surface area (Å²) >= 11 is 3.15. The van der Waals surface area contributed by atoms with Gasteiger partial charge in [-0.05, 0) is 17.7 Å². The fourth-order valence-electron chi connectivity index (χ4n) is 1.11. The zero-order valence-corrected chi connectivity index (χ0v) is 8.67. The first kappa shape index (κ1) is 8.77. The number of thiophene rings is 1. The molecule has 1 N–H and O–H groups in total. The van der Waals surface area contributed by atoms with Crippen LogP contribution in [0.4, 0.5) is 0 Å². The summed E-state index contributed by atoms with van der Waals surface area (Å²) in [6, 6.07) is 1.80. The van der Waals surface area contributed by atoms with Gasteiger partial charge in [-0.2, -0.15) is 11.8 Å². The lowest BCUT2D eigenvalue weighted by molar-refractivity contribution is 1.05. The van der Waals surface area contributed by atoms with Gasteiger partial charge in [-0.25, -0.2) is 4.98 Å². The lowest BCUT2D eigenvalue weighted by Crippen LogP contribution is -2.09. The minimum atomic E-state index is -0.0321. The largest absolute Gasteiger partial charge is 0.309 e. The maximum absolute atomic E-state index is 11.4. The van der Waals surface area contributed by atoms with Crippen molar-refractivity contribution in [2.24, 2.45) is 0 Å². The molecule has 0 aliphatic carbocycles. The second-order valence-electron chi connectivity index (χ2n) is 2.59. The Morgan fingerprint density at radius 1 is 1.69 bits per heavy atom. The zero-order chi connectivity index (χ0) is 9.26. The van der Waals surface area contributed by atoms with E-state index in [2.05, 4.69) is 9.97 Å². The summed E-state index contributed by atoms with van der Waals surface area (Å²) < 4.78 is 0. The molecule has 68 valence electrons. The third-order valence-electron chi connectivity index (χ3n) is 1.66. The molecule has 0 aliphatic heterocycles. The molecule has 3 nitrogen and oxygen atoms in total. The van der Waals surface area contributed by atoms with Gasteiger partial charge in [0, 0.05) is 0 Å². The molecule has 2 rings (SSSR count). The fraction of sp³-hybridized carbons (Fsp3) is 0.250. The first-order chi connectivity index (χ1) is 6.31. The normalized spacial score (nSPS) is 10.8. The molecule has 0 spiro atoms. The van der Waals surface area contributed by atoms with E-state index in [0.717, 1.165) is 16.4 Å². The van der Waals surface area contributed by atoms with Gasteiger partial charge in [-0.1, -0.05) is 0 Å². The number of H-pyrrole nitrogens is 1. The smallest absolute Gasteiger partial charge is 0.259 e. The minimum Gasteiger partial charge on any atom is -0.309 e. The molecule has 0 amide bonds. The van der Waals surface area contributed by atoms with E-state index in [4.69, 9.17) is 0 Å². The number of nitrogens with one attached hydrogen (secondary N) is 1. The van der Waals surface area contributed by atoms with Crippen molar-refractivity contribution in [3.63, 3.8) is 0 Å². The number of hydrogen-bond donors (Lipinski definition) is 1. The van der Waals surface area contributed by atoms with Gasteiger partial charge in [0.05, 0.1) is 11.1 Å². The number of thioether (sulfide) groups is 1. The van der Waals surface area contributed by atoms with E-state index in [-0.39, 0.29) is 5.56 Å². The average molecular weight is 212 g/mol. The minimum absolute atomic E-state index is 0.0321. The van der Waals surface area contributed by atoms with Gasteiger partial charge in [0.15, 0.2) is 0 Å². The molecule has 13 heavy (non-hydrogen) atoms. The highest BCUT2D eigenvalue weighted by molar-refractivity contribution is 7.97. The monoisotopic (exact) mass is 212 g/mol. The quantitative estimate of drug-likeness (QED) is 0.826. The van der Waals surface area contributed by atoms with Gasteiger partial charge >= 0.3 is 0 Å². The molecule has 0 saturated heterocycles. The molecule has 0 aliphatic rings. The Labute approximate surface area is 83.2 Å². The van der Waals surface area contributed by atoms with E-state index in [1.165, 1.54) is 11.3 Å². The van der Waals surface area contributed by atoms with Crippen LogP contribution in [0.15, 0.2) is 16.2 Å². The molecule has 0 aromatic carbocycles. The van der Waals surface area contributed by atoms with Crippen molar-refractivity contribution in [3.8, 4) is 0 Å². The summed E-state index contributed by atoms with van der Waals surface area (Å²) in [5, 5.41) is 2.57. The van der Waals surface area contributed by atoms with Gasteiger partial charge in [-0.15, -0.1) is 11.3 Å². The number of aromatic nitrogens is 2. The Bertz CT molecular complexity index is 474. The summed E-state index contributed by atoms with van der Waals surface area (Å²) in [4.78, 5) is 19.3. The lowest BCUT2D eigenvalue weighted by atomic mass is 10.4. The number of rotatable bonds is 2.